The van der Waals surface area contributed by atoms with Crippen molar-refractivity contribution in [2.45, 2.75) is 18.9 Å². The molecular formula is C17H20F2N4O. The average molecular weight is 334 g/mol. The molecule has 1 amide bonds. The number of piperazine rings is 2. The van der Waals surface area contributed by atoms with Crippen LogP contribution >= 0.6 is 0 Å². The molecule has 0 saturated carbocycles. The third-order valence-corrected chi connectivity index (χ3v) is 4.89. The average Bonchev–Trinajstić information content (AvgIpc) is 2.59. The van der Waals surface area contributed by atoms with Crippen molar-refractivity contribution in [3.63, 3.8) is 0 Å². The molecule has 1 unspecified atom stereocenters. The lowest BCUT2D eigenvalue weighted by Crippen LogP contribution is -2.64. The lowest BCUT2D eigenvalue weighted by atomic mass is 9.99. The molecule has 5 nitrogen and oxygen atoms in total. The molecule has 0 radical (unpaired) electrons. The molecule has 2 fully saturated rings. The van der Waals surface area contributed by atoms with Gasteiger partial charge in [0.25, 0.3) is 0 Å². The Balaban J connectivity index is 1.68. The van der Waals surface area contributed by atoms with E-state index in [-0.39, 0.29) is 17.9 Å². The Bertz CT molecular complexity index is 675. The van der Waals surface area contributed by atoms with Crippen molar-refractivity contribution >= 4 is 5.91 Å². The summed E-state index contributed by atoms with van der Waals surface area (Å²) in [4.78, 5) is 18.2. The molecule has 24 heavy (non-hydrogen) atoms. The maximum atomic E-state index is 13.4. The molecule has 2 aliphatic rings. The van der Waals surface area contributed by atoms with Gasteiger partial charge in [-0.25, -0.2) is 8.78 Å². The highest BCUT2D eigenvalue weighted by Gasteiger charge is 2.38. The van der Waals surface area contributed by atoms with Gasteiger partial charge in [0.2, 0.25) is 5.91 Å². The lowest BCUT2D eigenvalue weighted by molar-refractivity contribution is -0.144. The van der Waals surface area contributed by atoms with Gasteiger partial charge in [0.05, 0.1) is 6.54 Å². The van der Waals surface area contributed by atoms with Crippen molar-refractivity contribution in [3.8, 4) is 6.19 Å². The van der Waals surface area contributed by atoms with Crippen molar-refractivity contribution in [2.75, 3.05) is 39.3 Å². The van der Waals surface area contributed by atoms with Crippen LogP contribution in [0.3, 0.4) is 0 Å². The van der Waals surface area contributed by atoms with E-state index in [0.29, 0.717) is 31.7 Å². The van der Waals surface area contributed by atoms with Gasteiger partial charge >= 0.3 is 0 Å². The van der Waals surface area contributed by atoms with Crippen LogP contribution in [0.15, 0.2) is 18.2 Å². The van der Waals surface area contributed by atoms with Crippen LogP contribution in [0.4, 0.5) is 8.78 Å². The van der Waals surface area contributed by atoms with Crippen molar-refractivity contribution in [1.82, 2.24) is 14.7 Å². The Kier molecular flexibility index (Phi) is 4.67. The highest BCUT2D eigenvalue weighted by atomic mass is 19.2. The summed E-state index contributed by atoms with van der Waals surface area (Å²) in [5.74, 6) is -1.82. The van der Waals surface area contributed by atoms with Crippen LogP contribution in [0.5, 0.6) is 0 Å². The summed E-state index contributed by atoms with van der Waals surface area (Å²) in [5.41, 5.74) is 0.673. The predicted octanol–water partition coefficient (Wildman–Crippen LogP) is 1.38. The molecule has 2 atom stereocenters. The van der Waals surface area contributed by atoms with Crippen molar-refractivity contribution in [2.24, 2.45) is 0 Å². The second kappa shape index (κ2) is 6.73. The number of carbonyl (C=O) groups is 1. The molecule has 128 valence electrons. The minimum atomic E-state index is -0.868. The van der Waals surface area contributed by atoms with Gasteiger partial charge in [0.15, 0.2) is 17.8 Å². The Labute approximate surface area is 140 Å². The quantitative estimate of drug-likeness (QED) is 0.784. The summed E-state index contributed by atoms with van der Waals surface area (Å²) in [5, 5.41) is 9.04. The topological polar surface area (TPSA) is 50.6 Å². The van der Waals surface area contributed by atoms with Crippen molar-refractivity contribution in [3.05, 3.63) is 35.4 Å². The fourth-order valence-corrected chi connectivity index (χ4v) is 3.42. The molecule has 1 aromatic rings. The molecule has 1 aromatic carbocycles. The molecule has 3 rings (SSSR count). The fourth-order valence-electron chi connectivity index (χ4n) is 3.42. The largest absolute Gasteiger partial charge is 0.339 e. The SMILES string of the molecule is CC(CN1CCN2CCN(C#N)C[C@@H]2C1=O)c1ccc(F)c(F)c1. The highest BCUT2D eigenvalue weighted by Crippen LogP contribution is 2.22. The number of nitriles is 1. The molecule has 0 spiro atoms. The Morgan fingerprint density at radius 1 is 1.25 bits per heavy atom. The van der Waals surface area contributed by atoms with E-state index in [9.17, 15) is 13.6 Å². The minimum absolute atomic E-state index is 0.00985. The van der Waals surface area contributed by atoms with Crippen LogP contribution in [0.2, 0.25) is 0 Å². The monoisotopic (exact) mass is 334 g/mol. The number of rotatable bonds is 3. The molecule has 2 aliphatic heterocycles. The molecule has 2 heterocycles. The first-order valence-corrected chi connectivity index (χ1v) is 8.12. The van der Waals surface area contributed by atoms with E-state index < -0.39 is 11.6 Å². The summed E-state index contributed by atoms with van der Waals surface area (Å²) < 4.78 is 26.5. The number of amides is 1. The normalized spacial score (nSPS) is 22.9. The van der Waals surface area contributed by atoms with E-state index in [4.69, 9.17) is 5.26 Å². The lowest BCUT2D eigenvalue weighted by Gasteiger charge is -2.45. The highest BCUT2D eigenvalue weighted by molar-refractivity contribution is 5.83. The van der Waals surface area contributed by atoms with Gasteiger partial charge in [-0.3, -0.25) is 9.69 Å². The zero-order valence-electron chi connectivity index (χ0n) is 13.6. The minimum Gasteiger partial charge on any atom is -0.339 e. The number of hydrogen-bond donors (Lipinski definition) is 0. The molecule has 2 saturated heterocycles. The summed E-state index contributed by atoms with van der Waals surface area (Å²) in [6.07, 6.45) is 2.11. The van der Waals surface area contributed by atoms with E-state index in [0.717, 1.165) is 19.2 Å². The molecule has 7 heteroatoms. The fraction of sp³-hybridized carbons (Fsp3) is 0.529. The van der Waals surface area contributed by atoms with Gasteiger partial charge in [-0.2, -0.15) is 5.26 Å². The van der Waals surface area contributed by atoms with E-state index in [2.05, 4.69) is 11.1 Å². The number of hydrogen-bond acceptors (Lipinski definition) is 4. The van der Waals surface area contributed by atoms with Crippen molar-refractivity contribution in [1.29, 1.82) is 5.26 Å². The van der Waals surface area contributed by atoms with Crippen LogP contribution in [-0.2, 0) is 4.79 Å². The third-order valence-electron chi connectivity index (χ3n) is 4.89. The van der Waals surface area contributed by atoms with E-state index in [1.807, 2.05) is 6.92 Å². The number of benzene rings is 1. The van der Waals surface area contributed by atoms with Crippen LogP contribution < -0.4 is 0 Å². The first kappa shape index (κ1) is 16.7. The van der Waals surface area contributed by atoms with Gasteiger partial charge < -0.3 is 9.80 Å². The van der Waals surface area contributed by atoms with Gasteiger partial charge in [0.1, 0.15) is 6.04 Å². The van der Waals surface area contributed by atoms with Crippen LogP contribution in [-0.4, -0.2) is 65.9 Å². The second-order valence-electron chi connectivity index (χ2n) is 6.46. The third kappa shape index (κ3) is 3.20. The van der Waals surface area contributed by atoms with Crippen LogP contribution in [0, 0.1) is 23.1 Å². The smallest absolute Gasteiger partial charge is 0.241 e. The molecule has 0 N–H and O–H groups in total. The van der Waals surface area contributed by atoms with E-state index in [1.165, 1.54) is 6.07 Å². The van der Waals surface area contributed by atoms with Crippen molar-refractivity contribution < 1.29 is 13.6 Å². The molecular weight excluding hydrogens is 314 g/mol. The van der Waals surface area contributed by atoms with Gasteiger partial charge in [-0.05, 0) is 23.6 Å². The van der Waals surface area contributed by atoms with Crippen LogP contribution in [0.25, 0.3) is 0 Å². The number of halogens is 2. The Morgan fingerprint density at radius 2 is 2.00 bits per heavy atom. The van der Waals surface area contributed by atoms with Gasteiger partial charge in [0, 0.05) is 32.7 Å². The molecule has 0 bridgehead atoms. The second-order valence-corrected chi connectivity index (χ2v) is 6.46. The maximum absolute atomic E-state index is 13.4. The summed E-state index contributed by atoms with van der Waals surface area (Å²) in [6.45, 7) is 5.55. The number of carbonyl (C=O) groups excluding carboxylic acids is 1. The van der Waals surface area contributed by atoms with Crippen LogP contribution in [0.1, 0.15) is 18.4 Å². The first-order valence-electron chi connectivity index (χ1n) is 8.12. The zero-order chi connectivity index (χ0) is 17.3. The molecule has 0 aliphatic carbocycles. The number of fused-ring (bicyclic) bond motifs is 1. The molecule has 0 aromatic heterocycles. The summed E-state index contributed by atoms with van der Waals surface area (Å²) in [6, 6.07) is 3.58. The number of nitrogens with zero attached hydrogens (tertiary/aromatic N) is 4. The van der Waals surface area contributed by atoms with E-state index >= 15 is 0 Å². The standard InChI is InChI=1S/C17H20F2N4O/c1-12(13-2-3-14(18)15(19)8-13)9-23-7-6-22-5-4-21(11-20)10-16(22)17(23)24/h2-3,8,12,16H,4-7,9-10H2,1H3/t12?,16-/m1/s1. The van der Waals surface area contributed by atoms with Gasteiger partial charge in [-0.1, -0.05) is 13.0 Å². The van der Waals surface area contributed by atoms with E-state index in [1.54, 1.807) is 15.9 Å². The Morgan fingerprint density at radius 3 is 2.71 bits per heavy atom. The maximum Gasteiger partial charge on any atom is 0.241 e. The zero-order valence-corrected chi connectivity index (χ0v) is 13.6. The predicted molar refractivity (Wildman–Crippen MR) is 83.9 cm³/mol. The summed E-state index contributed by atoms with van der Waals surface area (Å²) in [7, 11) is 0. The van der Waals surface area contributed by atoms with Gasteiger partial charge in [-0.15, -0.1) is 0 Å². The first-order chi connectivity index (χ1) is 11.5. The summed E-state index contributed by atoms with van der Waals surface area (Å²) >= 11 is 0. The Hall–Kier alpha value is -2.20.